The van der Waals surface area contributed by atoms with Crippen LogP contribution >= 0.6 is 0 Å². The highest BCUT2D eigenvalue weighted by molar-refractivity contribution is 5.81. The monoisotopic (exact) mass is 297 g/mol. The van der Waals surface area contributed by atoms with Crippen LogP contribution in [-0.2, 0) is 4.74 Å². The van der Waals surface area contributed by atoms with Gasteiger partial charge >= 0.3 is 6.09 Å². The Labute approximate surface area is 130 Å². The Kier molecular flexibility index (Phi) is 4.88. The van der Waals surface area contributed by atoms with Gasteiger partial charge in [-0.25, -0.2) is 10.2 Å². The summed E-state index contributed by atoms with van der Waals surface area (Å²) in [7, 11) is 0. The fourth-order valence-electron chi connectivity index (χ4n) is 1.73. The van der Waals surface area contributed by atoms with E-state index in [4.69, 9.17) is 4.74 Å². The minimum Gasteiger partial charge on any atom is -0.443 e. The fourth-order valence-corrected chi connectivity index (χ4v) is 1.73. The van der Waals surface area contributed by atoms with E-state index in [0.717, 1.165) is 16.8 Å². The van der Waals surface area contributed by atoms with E-state index >= 15 is 0 Å². The summed E-state index contributed by atoms with van der Waals surface area (Å²) in [5, 5.41) is 3.86. The first-order chi connectivity index (χ1) is 10.4. The molecule has 0 spiro atoms. The van der Waals surface area contributed by atoms with Gasteiger partial charge in [-0.05, 0) is 38.5 Å². The zero-order valence-electron chi connectivity index (χ0n) is 12.9. The van der Waals surface area contributed by atoms with Gasteiger partial charge in [0.2, 0.25) is 0 Å². The molecule has 1 heterocycles. The van der Waals surface area contributed by atoms with E-state index in [1.807, 2.05) is 42.5 Å². The number of aromatic nitrogens is 1. The zero-order chi connectivity index (χ0) is 16.0. The van der Waals surface area contributed by atoms with Gasteiger partial charge in [0.15, 0.2) is 0 Å². The van der Waals surface area contributed by atoms with Crippen molar-refractivity contribution in [3.05, 3.63) is 54.2 Å². The molecule has 0 unspecified atom stereocenters. The van der Waals surface area contributed by atoms with Crippen molar-refractivity contribution in [2.75, 3.05) is 0 Å². The van der Waals surface area contributed by atoms with Crippen LogP contribution in [0.1, 0.15) is 26.3 Å². The van der Waals surface area contributed by atoms with Crippen molar-refractivity contribution < 1.29 is 9.53 Å². The molecule has 22 heavy (non-hydrogen) atoms. The summed E-state index contributed by atoms with van der Waals surface area (Å²) in [6.45, 7) is 5.39. The number of carbonyl (C=O) groups excluding carboxylic acids is 1. The molecule has 0 saturated carbocycles. The summed E-state index contributed by atoms with van der Waals surface area (Å²) in [6, 6.07) is 13.5. The molecule has 0 bridgehead atoms. The number of rotatable bonds is 3. The normalized spacial score (nSPS) is 11.4. The van der Waals surface area contributed by atoms with E-state index in [1.54, 1.807) is 33.2 Å². The highest BCUT2D eigenvalue weighted by atomic mass is 16.6. The van der Waals surface area contributed by atoms with Crippen molar-refractivity contribution in [2.24, 2.45) is 5.10 Å². The second-order valence-corrected chi connectivity index (χ2v) is 5.71. The number of carbonyl (C=O) groups is 1. The van der Waals surface area contributed by atoms with Crippen LogP contribution in [0, 0.1) is 0 Å². The molecule has 0 atom stereocenters. The van der Waals surface area contributed by atoms with Crippen LogP contribution in [0.5, 0.6) is 0 Å². The lowest BCUT2D eigenvalue weighted by atomic mass is 10.1. The average molecular weight is 297 g/mol. The number of amides is 1. The van der Waals surface area contributed by atoms with E-state index in [2.05, 4.69) is 15.5 Å². The zero-order valence-corrected chi connectivity index (χ0v) is 12.9. The molecule has 2 aromatic rings. The summed E-state index contributed by atoms with van der Waals surface area (Å²) in [4.78, 5) is 15.7. The summed E-state index contributed by atoms with van der Waals surface area (Å²) in [5.74, 6) is 0. The van der Waals surface area contributed by atoms with Crippen LogP contribution in [0.3, 0.4) is 0 Å². The minimum atomic E-state index is -0.575. The second-order valence-electron chi connectivity index (χ2n) is 5.71. The fraction of sp³-hybridized carbons (Fsp3) is 0.235. The van der Waals surface area contributed by atoms with Gasteiger partial charge in [0.25, 0.3) is 0 Å². The van der Waals surface area contributed by atoms with E-state index in [1.165, 1.54) is 0 Å². The van der Waals surface area contributed by atoms with Crippen LogP contribution in [0.25, 0.3) is 11.3 Å². The molecular formula is C17H19N3O2. The summed E-state index contributed by atoms with van der Waals surface area (Å²) in [5.41, 5.74) is 4.60. The number of nitrogens with one attached hydrogen (secondary N) is 1. The molecule has 114 valence electrons. The van der Waals surface area contributed by atoms with E-state index in [9.17, 15) is 4.79 Å². The van der Waals surface area contributed by atoms with E-state index in [-0.39, 0.29) is 0 Å². The third-order valence-electron chi connectivity index (χ3n) is 2.64. The van der Waals surface area contributed by atoms with Crippen LogP contribution in [0.2, 0.25) is 0 Å². The molecule has 0 aliphatic rings. The largest absolute Gasteiger partial charge is 0.443 e. The van der Waals surface area contributed by atoms with Gasteiger partial charge < -0.3 is 4.74 Å². The number of hydrogen-bond donors (Lipinski definition) is 1. The van der Waals surface area contributed by atoms with Gasteiger partial charge in [0.05, 0.1) is 11.9 Å². The molecule has 1 aromatic carbocycles. The second kappa shape index (κ2) is 6.85. The molecule has 5 nitrogen and oxygen atoms in total. The molecule has 0 aliphatic carbocycles. The number of benzene rings is 1. The third-order valence-corrected chi connectivity index (χ3v) is 2.64. The van der Waals surface area contributed by atoms with E-state index in [0.29, 0.717) is 0 Å². The highest BCUT2D eigenvalue weighted by Gasteiger charge is 2.15. The molecule has 0 radical (unpaired) electrons. The molecule has 1 amide bonds. The topological polar surface area (TPSA) is 63.6 Å². The van der Waals surface area contributed by atoms with Crippen molar-refractivity contribution in [1.29, 1.82) is 0 Å². The Bertz CT molecular complexity index is 644. The molecular weight excluding hydrogens is 278 g/mol. The lowest BCUT2D eigenvalue weighted by Gasteiger charge is -2.18. The van der Waals surface area contributed by atoms with Crippen LogP contribution in [-0.4, -0.2) is 22.9 Å². The standard InChI is InChI=1S/C17H19N3O2/c1-17(2,3)22-16(21)20-19-12-13-7-9-14(10-8-13)15-6-4-5-11-18-15/h4-12H,1-3H3,(H,20,21). The molecule has 1 aromatic heterocycles. The lowest BCUT2D eigenvalue weighted by molar-refractivity contribution is 0.0529. The summed E-state index contributed by atoms with van der Waals surface area (Å²) in [6.07, 6.45) is 2.75. The van der Waals surface area contributed by atoms with Crippen molar-refractivity contribution >= 4 is 12.3 Å². The quantitative estimate of drug-likeness (QED) is 0.695. The van der Waals surface area contributed by atoms with Crippen LogP contribution in [0.15, 0.2) is 53.8 Å². The van der Waals surface area contributed by atoms with E-state index < -0.39 is 11.7 Å². The van der Waals surface area contributed by atoms with Gasteiger partial charge in [-0.2, -0.15) is 5.10 Å². The summed E-state index contributed by atoms with van der Waals surface area (Å²) >= 11 is 0. The van der Waals surface area contributed by atoms with Gasteiger partial charge in [0.1, 0.15) is 5.60 Å². The molecule has 0 saturated heterocycles. The number of ether oxygens (including phenoxy) is 1. The molecule has 5 heteroatoms. The molecule has 0 fully saturated rings. The first kappa shape index (κ1) is 15.7. The first-order valence-electron chi connectivity index (χ1n) is 6.97. The number of hydrogen-bond acceptors (Lipinski definition) is 4. The first-order valence-corrected chi connectivity index (χ1v) is 6.97. The van der Waals surface area contributed by atoms with Gasteiger partial charge in [0, 0.05) is 11.8 Å². The summed E-state index contributed by atoms with van der Waals surface area (Å²) < 4.78 is 5.08. The molecule has 2 rings (SSSR count). The van der Waals surface area contributed by atoms with Gasteiger partial charge in [-0.3, -0.25) is 4.98 Å². The maximum Gasteiger partial charge on any atom is 0.428 e. The Balaban J connectivity index is 1.94. The minimum absolute atomic E-state index is 0.538. The predicted octanol–water partition coefficient (Wildman–Crippen LogP) is 3.61. The Morgan fingerprint density at radius 2 is 1.91 bits per heavy atom. The van der Waals surface area contributed by atoms with Crippen LogP contribution in [0.4, 0.5) is 4.79 Å². The SMILES string of the molecule is CC(C)(C)OC(=O)NN=Cc1ccc(-c2ccccn2)cc1. The number of pyridine rings is 1. The maximum absolute atomic E-state index is 11.4. The Morgan fingerprint density at radius 1 is 1.18 bits per heavy atom. The van der Waals surface area contributed by atoms with Crippen molar-refractivity contribution in [3.63, 3.8) is 0 Å². The highest BCUT2D eigenvalue weighted by Crippen LogP contribution is 2.16. The number of hydrazone groups is 1. The molecule has 1 N–H and O–H groups in total. The van der Waals surface area contributed by atoms with Crippen molar-refractivity contribution in [3.8, 4) is 11.3 Å². The maximum atomic E-state index is 11.4. The van der Waals surface area contributed by atoms with Crippen LogP contribution < -0.4 is 5.43 Å². The molecule has 0 aliphatic heterocycles. The smallest absolute Gasteiger partial charge is 0.428 e. The number of nitrogens with zero attached hydrogens (tertiary/aromatic N) is 2. The van der Waals surface area contributed by atoms with Gasteiger partial charge in [-0.15, -0.1) is 0 Å². The predicted molar refractivity (Wildman–Crippen MR) is 86.6 cm³/mol. The lowest BCUT2D eigenvalue weighted by Crippen LogP contribution is -2.29. The average Bonchev–Trinajstić information content (AvgIpc) is 2.47. The van der Waals surface area contributed by atoms with Crippen molar-refractivity contribution in [1.82, 2.24) is 10.4 Å². The third kappa shape index (κ3) is 5.01. The Morgan fingerprint density at radius 3 is 2.50 bits per heavy atom. The van der Waals surface area contributed by atoms with Gasteiger partial charge in [-0.1, -0.05) is 30.3 Å². The van der Waals surface area contributed by atoms with Crippen molar-refractivity contribution in [2.45, 2.75) is 26.4 Å². The Hall–Kier alpha value is -2.69.